The van der Waals surface area contributed by atoms with Gasteiger partial charge in [-0.05, 0) is 31.2 Å². The molecule has 0 saturated heterocycles. The van der Waals surface area contributed by atoms with Crippen LogP contribution in [0.5, 0.6) is 11.5 Å². The molecule has 2 saturated carbocycles. The second-order valence-electron chi connectivity index (χ2n) is 9.08. The third-order valence-electron chi connectivity index (χ3n) is 7.91. The smallest absolute Gasteiger partial charge is 0.407 e. The molecule has 0 bridgehead atoms. The van der Waals surface area contributed by atoms with Gasteiger partial charge >= 0.3 is 6.09 Å². The summed E-state index contributed by atoms with van der Waals surface area (Å²) in [7, 11) is 6.06. The van der Waals surface area contributed by atoms with Crippen LogP contribution in [0.3, 0.4) is 0 Å². The van der Waals surface area contributed by atoms with Gasteiger partial charge in [0.05, 0.1) is 39.6 Å². The van der Waals surface area contributed by atoms with Crippen molar-refractivity contribution in [2.45, 2.75) is 37.3 Å². The Morgan fingerprint density at radius 2 is 1.97 bits per heavy atom. The van der Waals surface area contributed by atoms with Gasteiger partial charge in [0.1, 0.15) is 0 Å². The van der Waals surface area contributed by atoms with Gasteiger partial charge < -0.3 is 39.2 Å². The second-order valence-corrected chi connectivity index (χ2v) is 9.08. The molecule has 0 aliphatic heterocycles. The Morgan fingerprint density at radius 3 is 2.53 bits per heavy atom. The van der Waals surface area contributed by atoms with Crippen LogP contribution in [0.4, 0.5) is 4.79 Å². The Balaban J connectivity index is 2.22. The van der Waals surface area contributed by atoms with Gasteiger partial charge in [-0.3, -0.25) is 0 Å². The molecular formula is C25H37NO8. The van der Waals surface area contributed by atoms with Gasteiger partial charge in [0.2, 0.25) is 0 Å². The predicted octanol–water partition coefficient (Wildman–Crippen LogP) is 2.46. The molecule has 2 aliphatic carbocycles. The first-order chi connectivity index (χ1) is 16.4. The summed E-state index contributed by atoms with van der Waals surface area (Å²) in [5, 5.41) is 24.0. The summed E-state index contributed by atoms with van der Waals surface area (Å²) >= 11 is 0. The highest BCUT2D eigenvalue weighted by atomic mass is 16.7. The number of fused-ring (bicyclic) bond motifs is 1. The number of aliphatic hydroxyl groups excluding tert-OH is 2. The summed E-state index contributed by atoms with van der Waals surface area (Å²) in [5.41, 5.74) is -0.704. The molecule has 2 aliphatic rings. The predicted molar refractivity (Wildman–Crippen MR) is 125 cm³/mol. The number of methoxy groups -OCH3 is 4. The molecule has 0 spiro atoms. The van der Waals surface area contributed by atoms with Crippen LogP contribution in [0.1, 0.15) is 30.7 Å². The van der Waals surface area contributed by atoms with E-state index in [2.05, 4.69) is 11.9 Å². The number of carbonyl (C=O) groups excluding carboxylic acids is 1. The summed E-state index contributed by atoms with van der Waals surface area (Å²) < 4.78 is 27.5. The number of para-hydroxylation sites is 1. The second kappa shape index (κ2) is 10.9. The number of carbonyl (C=O) groups is 1. The van der Waals surface area contributed by atoms with E-state index in [4.69, 9.17) is 23.7 Å². The van der Waals surface area contributed by atoms with E-state index >= 15 is 0 Å². The normalized spacial score (nSPS) is 29.7. The number of hydrogen-bond donors (Lipinski definition) is 3. The summed E-state index contributed by atoms with van der Waals surface area (Å²) in [4.78, 5) is 12.6. The van der Waals surface area contributed by atoms with Crippen molar-refractivity contribution in [1.82, 2.24) is 5.32 Å². The number of nitrogens with one attached hydrogen (secondary N) is 1. The number of benzene rings is 1. The molecule has 0 radical (unpaired) electrons. The molecule has 2 fully saturated rings. The van der Waals surface area contributed by atoms with Gasteiger partial charge in [-0.25, -0.2) is 4.79 Å². The van der Waals surface area contributed by atoms with Gasteiger partial charge in [-0.2, -0.15) is 0 Å². The molecule has 3 rings (SSSR count). The average Bonchev–Trinajstić information content (AvgIpc) is 3.21. The zero-order chi connectivity index (χ0) is 24.9. The third-order valence-corrected chi connectivity index (χ3v) is 7.91. The lowest BCUT2D eigenvalue weighted by molar-refractivity contribution is -0.133. The van der Waals surface area contributed by atoms with Crippen LogP contribution < -0.4 is 14.8 Å². The van der Waals surface area contributed by atoms with Crippen LogP contribution in [0.2, 0.25) is 0 Å². The van der Waals surface area contributed by atoms with Crippen LogP contribution in [0.15, 0.2) is 30.9 Å². The van der Waals surface area contributed by atoms with Gasteiger partial charge in [-0.1, -0.05) is 18.2 Å². The molecule has 0 heterocycles. The molecule has 1 aromatic carbocycles. The minimum atomic E-state index is -0.772. The third kappa shape index (κ3) is 4.15. The van der Waals surface area contributed by atoms with Crippen molar-refractivity contribution in [3.05, 3.63) is 36.4 Å². The number of rotatable bonds is 10. The van der Waals surface area contributed by atoms with Gasteiger partial charge in [0.25, 0.3) is 0 Å². The van der Waals surface area contributed by atoms with E-state index in [0.29, 0.717) is 30.8 Å². The van der Waals surface area contributed by atoms with E-state index in [1.165, 1.54) is 14.2 Å². The van der Waals surface area contributed by atoms with E-state index in [0.717, 1.165) is 5.56 Å². The molecule has 1 aromatic rings. The van der Waals surface area contributed by atoms with E-state index in [9.17, 15) is 15.0 Å². The van der Waals surface area contributed by atoms with Crippen LogP contribution in [0, 0.1) is 16.7 Å². The maximum absolute atomic E-state index is 12.6. The maximum Gasteiger partial charge on any atom is 0.407 e. The van der Waals surface area contributed by atoms with Crippen molar-refractivity contribution in [2.24, 2.45) is 16.7 Å². The first kappa shape index (κ1) is 26.3. The van der Waals surface area contributed by atoms with Crippen molar-refractivity contribution in [1.29, 1.82) is 0 Å². The Kier molecular flexibility index (Phi) is 8.46. The maximum atomic E-state index is 12.6. The van der Waals surface area contributed by atoms with Crippen LogP contribution >= 0.6 is 0 Å². The number of alkyl carbamates (subject to hydrolysis) is 1. The summed E-state index contributed by atoms with van der Waals surface area (Å²) in [6.07, 6.45) is 2.69. The average molecular weight is 480 g/mol. The highest BCUT2D eigenvalue weighted by Gasteiger charge is 2.66. The van der Waals surface area contributed by atoms with E-state index in [1.54, 1.807) is 20.3 Å². The fourth-order valence-electron chi connectivity index (χ4n) is 6.36. The summed E-state index contributed by atoms with van der Waals surface area (Å²) in [6.45, 7) is 3.83. The van der Waals surface area contributed by atoms with E-state index in [-0.39, 0.29) is 37.9 Å². The molecule has 0 aromatic heterocycles. The minimum Gasteiger partial charge on any atom is -0.493 e. The zero-order valence-electron chi connectivity index (χ0n) is 20.4. The lowest BCUT2D eigenvalue weighted by atomic mass is 9.54. The van der Waals surface area contributed by atoms with E-state index < -0.39 is 23.0 Å². The van der Waals surface area contributed by atoms with Crippen LogP contribution in [-0.2, 0) is 14.2 Å². The molecule has 0 unspecified atom stereocenters. The highest BCUT2D eigenvalue weighted by molar-refractivity contribution is 5.68. The summed E-state index contributed by atoms with van der Waals surface area (Å²) in [5.74, 6) is 0.551. The lowest BCUT2D eigenvalue weighted by Crippen LogP contribution is -2.61. The van der Waals surface area contributed by atoms with Gasteiger partial charge in [-0.15, -0.1) is 6.58 Å². The van der Waals surface area contributed by atoms with Crippen molar-refractivity contribution in [3.8, 4) is 11.5 Å². The number of amides is 1. The van der Waals surface area contributed by atoms with Crippen molar-refractivity contribution >= 4 is 6.09 Å². The molecular weight excluding hydrogens is 442 g/mol. The number of aliphatic hydroxyl groups is 2. The van der Waals surface area contributed by atoms with Crippen LogP contribution in [-0.4, -0.2) is 76.9 Å². The molecule has 9 heteroatoms. The SMILES string of the molecule is C=C[C@]12[C@@H](OC)CCC(CO)(CO)[C@H]1C[C@H](c1cccc(OCOC)c1OC)[C@H]2NC(=O)OC. The molecule has 5 atom stereocenters. The fraction of sp³-hybridized carbons (Fsp3) is 0.640. The van der Waals surface area contributed by atoms with Crippen molar-refractivity contribution in [2.75, 3.05) is 48.4 Å². The molecule has 3 N–H and O–H groups in total. The number of hydrogen-bond acceptors (Lipinski definition) is 8. The minimum absolute atomic E-state index is 0.0530. The lowest BCUT2D eigenvalue weighted by Gasteiger charge is -2.54. The Bertz CT molecular complexity index is 857. The van der Waals surface area contributed by atoms with Gasteiger partial charge in [0.15, 0.2) is 18.3 Å². The van der Waals surface area contributed by atoms with Crippen LogP contribution in [0.25, 0.3) is 0 Å². The first-order valence-electron chi connectivity index (χ1n) is 11.4. The zero-order valence-corrected chi connectivity index (χ0v) is 20.4. The molecule has 1 amide bonds. The topological polar surface area (TPSA) is 116 Å². The quantitative estimate of drug-likeness (QED) is 0.346. The highest BCUT2D eigenvalue weighted by Crippen LogP contribution is 2.65. The van der Waals surface area contributed by atoms with E-state index in [1.807, 2.05) is 18.2 Å². The van der Waals surface area contributed by atoms with Crippen molar-refractivity contribution in [3.63, 3.8) is 0 Å². The molecule has 190 valence electrons. The Labute approximate surface area is 201 Å². The largest absolute Gasteiger partial charge is 0.493 e. The standard InChI is InChI=1S/C25H37NO8/c1-6-25-19(24(13-27,14-28)11-10-20(25)31-3)12-17(22(25)26-23(29)33-5)16-8-7-9-18(21(16)32-4)34-15-30-2/h6-9,17,19-20,22,27-28H,1,10-15H2,2-5H3,(H,26,29)/t17-,19-,20+,22-,25-/m1/s1. The van der Waals surface area contributed by atoms with Crippen molar-refractivity contribution < 1.29 is 38.7 Å². The Morgan fingerprint density at radius 1 is 1.24 bits per heavy atom. The van der Waals surface area contributed by atoms with Gasteiger partial charge in [0, 0.05) is 36.5 Å². The first-order valence-corrected chi connectivity index (χ1v) is 11.4. The molecule has 9 nitrogen and oxygen atoms in total. The number of ether oxygens (including phenoxy) is 5. The monoisotopic (exact) mass is 479 g/mol. The fourth-order valence-corrected chi connectivity index (χ4v) is 6.36. The summed E-state index contributed by atoms with van der Waals surface area (Å²) in [6, 6.07) is 5.08. The molecule has 34 heavy (non-hydrogen) atoms. The Hall–Kier alpha value is -2.33.